The van der Waals surface area contributed by atoms with Crippen LogP contribution in [0, 0.1) is 0 Å². The summed E-state index contributed by atoms with van der Waals surface area (Å²) in [5.74, 6) is -0.000833. The van der Waals surface area contributed by atoms with Crippen LogP contribution in [0.4, 0.5) is 0 Å². The molecule has 0 aliphatic carbocycles. The molecular formula is C18H20O. The predicted molar refractivity (Wildman–Crippen MR) is 80.2 cm³/mol. The molecule has 1 N–H and O–H groups in total. The summed E-state index contributed by atoms with van der Waals surface area (Å²) < 4.78 is 0. The number of hydrogen-bond donors (Lipinski definition) is 1. The van der Waals surface area contributed by atoms with Gasteiger partial charge in [-0.3, -0.25) is 0 Å². The Balaban J connectivity index is 2.37. The van der Waals surface area contributed by atoms with E-state index >= 15 is 0 Å². The van der Waals surface area contributed by atoms with Crippen molar-refractivity contribution in [1.82, 2.24) is 0 Å². The lowest BCUT2D eigenvalue weighted by Gasteiger charge is -2.24. The van der Waals surface area contributed by atoms with Crippen molar-refractivity contribution in [2.75, 3.05) is 0 Å². The quantitative estimate of drug-likeness (QED) is 0.793. The first-order valence-electron chi connectivity index (χ1n) is 6.61. The van der Waals surface area contributed by atoms with Crippen LogP contribution in [0.5, 0.6) is 0 Å². The van der Waals surface area contributed by atoms with Crippen molar-refractivity contribution < 1.29 is 5.11 Å². The van der Waals surface area contributed by atoms with Crippen LogP contribution < -0.4 is 0 Å². The average molecular weight is 252 g/mol. The van der Waals surface area contributed by atoms with Crippen molar-refractivity contribution >= 4 is 0 Å². The molecule has 0 bridgehead atoms. The fraction of sp³-hybridized carbons (Fsp3) is 0.222. The highest BCUT2D eigenvalue weighted by Crippen LogP contribution is 2.30. The fourth-order valence-electron chi connectivity index (χ4n) is 2.43. The number of hydrogen-bond acceptors (Lipinski definition) is 1. The molecule has 0 aromatic heterocycles. The molecule has 19 heavy (non-hydrogen) atoms. The zero-order valence-electron chi connectivity index (χ0n) is 11.3. The summed E-state index contributed by atoms with van der Waals surface area (Å²) in [6.45, 7) is 5.86. The summed E-state index contributed by atoms with van der Waals surface area (Å²) in [4.78, 5) is 0. The summed E-state index contributed by atoms with van der Waals surface area (Å²) in [6.07, 6.45) is 0.177. The van der Waals surface area contributed by atoms with Gasteiger partial charge in [0.15, 0.2) is 0 Å². The summed E-state index contributed by atoms with van der Waals surface area (Å²) in [7, 11) is 0. The van der Waals surface area contributed by atoms with Crippen molar-refractivity contribution in [3.05, 3.63) is 83.9 Å². The normalized spacial score (nSPS) is 12.4. The van der Waals surface area contributed by atoms with E-state index in [-0.39, 0.29) is 5.92 Å². The third-order valence-electron chi connectivity index (χ3n) is 3.26. The van der Waals surface area contributed by atoms with E-state index in [1.165, 1.54) is 0 Å². The number of aliphatic hydroxyl groups excluding tert-OH is 1. The highest BCUT2D eigenvalue weighted by atomic mass is 16.3. The van der Waals surface area contributed by atoms with Gasteiger partial charge < -0.3 is 5.11 Å². The molecule has 0 amide bonds. The smallest absolute Gasteiger partial charge is 0.0686 e. The van der Waals surface area contributed by atoms with Crippen LogP contribution in [-0.4, -0.2) is 11.2 Å². The Kier molecular flexibility index (Phi) is 4.53. The maximum atomic E-state index is 10.5. The minimum absolute atomic E-state index is 0.000833. The van der Waals surface area contributed by atoms with Crippen molar-refractivity contribution in [2.45, 2.75) is 25.4 Å². The zero-order chi connectivity index (χ0) is 13.7. The highest BCUT2D eigenvalue weighted by Gasteiger charge is 2.22. The molecule has 0 aliphatic rings. The van der Waals surface area contributed by atoms with Gasteiger partial charge in [-0.2, -0.15) is 0 Å². The van der Waals surface area contributed by atoms with Gasteiger partial charge in [0.25, 0.3) is 0 Å². The van der Waals surface area contributed by atoms with E-state index in [1.54, 1.807) is 0 Å². The van der Waals surface area contributed by atoms with Gasteiger partial charge in [-0.1, -0.05) is 66.2 Å². The van der Waals surface area contributed by atoms with Gasteiger partial charge in [0.1, 0.15) is 0 Å². The second-order valence-corrected chi connectivity index (χ2v) is 5.03. The lowest BCUT2D eigenvalue weighted by atomic mass is 9.84. The Morgan fingerprint density at radius 2 is 1.37 bits per heavy atom. The molecule has 0 spiro atoms. The van der Waals surface area contributed by atoms with Crippen LogP contribution >= 0.6 is 0 Å². The van der Waals surface area contributed by atoms with Gasteiger partial charge in [0.2, 0.25) is 0 Å². The SMILES string of the molecule is C=C(C)CC(O)C(c1ccccc1)c1ccccc1. The van der Waals surface area contributed by atoms with E-state index in [9.17, 15) is 5.11 Å². The molecule has 0 saturated heterocycles. The van der Waals surface area contributed by atoms with Crippen LogP contribution in [0.15, 0.2) is 72.8 Å². The predicted octanol–water partition coefficient (Wildman–Crippen LogP) is 4.15. The van der Waals surface area contributed by atoms with E-state index in [4.69, 9.17) is 0 Å². The van der Waals surface area contributed by atoms with Crippen LogP contribution in [0.2, 0.25) is 0 Å². The summed E-state index contributed by atoms with van der Waals surface area (Å²) in [5, 5.41) is 10.5. The zero-order valence-corrected chi connectivity index (χ0v) is 11.3. The standard InChI is InChI=1S/C18H20O/c1-14(2)13-17(19)18(15-9-5-3-6-10-15)16-11-7-4-8-12-16/h3-12,17-19H,1,13H2,2H3. The molecular weight excluding hydrogens is 232 g/mol. The average Bonchev–Trinajstić information content (AvgIpc) is 2.40. The van der Waals surface area contributed by atoms with Crippen LogP contribution in [0.1, 0.15) is 30.4 Å². The Bertz CT molecular complexity index is 476. The number of benzene rings is 2. The first kappa shape index (κ1) is 13.6. The number of aliphatic hydroxyl groups is 1. The van der Waals surface area contributed by atoms with Crippen LogP contribution in [-0.2, 0) is 0 Å². The van der Waals surface area contributed by atoms with E-state index in [2.05, 4.69) is 30.8 Å². The third-order valence-corrected chi connectivity index (χ3v) is 3.26. The maximum Gasteiger partial charge on any atom is 0.0686 e. The van der Waals surface area contributed by atoms with Gasteiger partial charge in [-0.25, -0.2) is 0 Å². The van der Waals surface area contributed by atoms with E-state index in [1.807, 2.05) is 43.3 Å². The largest absolute Gasteiger partial charge is 0.392 e. The Labute approximate surface area is 115 Å². The molecule has 0 fully saturated rings. The van der Waals surface area contributed by atoms with E-state index in [0.717, 1.165) is 16.7 Å². The monoisotopic (exact) mass is 252 g/mol. The minimum atomic E-state index is -0.442. The molecule has 98 valence electrons. The lowest BCUT2D eigenvalue weighted by Crippen LogP contribution is -2.20. The second kappa shape index (κ2) is 6.35. The number of rotatable bonds is 5. The van der Waals surface area contributed by atoms with Crippen LogP contribution in [0.25, 0.3) is 0 Å². The third kappa shape index (κ3) is 3.55. The van der Waals surface area contributed by atoms with Crippen molar-refractivity contribution in [2.24, 2.45) is 0 Å². The van der Waals surface area contributed by atoms with Gasteiger partial charge in [-0.05, 0) is 24.5 Å². The molecule has 0 heterocycles. The summed E-state index contributed by atoms with van der Waals surface area (Å²) in [5.41, 5.74) is 3.29. The first-order valence-corrected chi connectivity index (χ1v) is 6.61. The molecule has 1 unspecified atom stereocenters. The van der Waals surface area contributed by atoms with Crippen molar-refractivity contribution in [3.63, 3.8) is 0 Å². The molecule has 2 aromatic rings. The second-order valence-electron chi connectivity index (χ2n) is 5.03. The molecule has 0 radical (unpaired) electrons. The first-order chi connectivity index (χ1) is 9.18. The Morgan fingerprint density at radius 1 is 0.947 bits per heavy atom. The molecule has 1 heteroatoms. The maximum absolute atomic E-state index is 10.5. The molecule has 0 saturated carbocycles. The van der Waals surface area contributed by atoms with Gasteiger partial charge >= 0.3 is 0 Å². The minimum Gasteiger partial charge on any atom is -0.392 e. The fourth-order valence-corrected chi connectivity index (χ4v) is 2.43. The molecule has 2 rings (SSSR count). The van der Waals surface area contributed by atoms with Gasteiger partial charge in [0, 0.05) is 5.92 Å². The highest BCUT2D eigenvalue weighted by molar-refractivity contribution is 5.34. The van der Waals surface area contributed by atoms with Gasteiger partial charge in [0.05, 0.1) is 6.10 Å². The lowest BCUT2D eigenvalue weighted by molar-refractivity contribution is 0.157. The Morgan fingerprint density at radius 3 is 1.74 bits per heavy atom. The molecule has 1 nitrogen and oxygen atoms in total. The Hall–Kier alpha value is -1.86. The van der Waals surface area contributed by atoms with Crippen LogP contribution in [0.3, 0.4) is 0 Å². The topological polar surface area (TPSA) is 20.2 Å². The van der Waals surface area contributed by atoms with Gasteiger partial charge in [-0.15, -0.1) is 6.58 Å². The van der Waals surface area contributed by atoms with Crippen molar-refractivity contribution in [1.29, 1.82) is 0 Å². The van der Waals surface area contributed by atoms with E-state index in [0.29, 0.717) is 6.42 Å². The summed E-state index contributed by atoms with van der Waals surface area (Å²) >= 11 is 0. The molecule has 2 aromatic carbocycles. The van der Waals surface area contributed by atoms with E-state index < -0.39 is 6.10 Å². The van der Waals surface area contributed by atoms with Crippen molar-refractivity contribution in [3.8, 4) is 0 Å². The summed E-state index contributed by atoms with van der Waals surface area (Å²) in [6, 6.07) is 20.3. The molecule has 0 aliphatic heterocycles. The molecule has 1 atom stereocenters.